The van der Waals surface area contributed by atoms with Crippen LogP contribution in [0.3, 0.4) is 0 Å². The van der Waals surface area contributed by atoms with E-state index in [1.54, 1.807) is 30.5 Å². The highest BCUT2D eigenvalue weighted by Crippen LogP contribution is 2.12. The van der Waals surface area contributed by atoms with Crippen molar-refractivity contribution in [1.29, 1.82) is 0 Å². The number of rotatable bonds is 8. The van der Waals surface area contributed by atoms with E-state index in [4.69, 9.17) is 0 Å². The molecule has 0 unspecified atom stereocenters. The summed E-state index contributed by atoms with van der Waals surface area (Å²) < 4.78 is 13.6. The summed E-state index contributed by atoms with van der Waals surface area (Å²) in [4.78, 5) is 16.3. The molecule has 0 atom stereocenters. The molecule has 0 fully saturated rings. The van der Waals surface area contributed by atoms with E-state index in [9.17, 15) is 9.18 Å². The SMILES string of the molecule is O=C(CCc1ccccc1)Nc1ccc(NCCc2ccccc2F)nc1. The van der Waals surface area contributed by atoms with Gasteiger partial charge in [0.05, 0.1) is 11.9 Å². The van der Waals surface area contributed by atoms with Crippen LogP contribution in [-0.2, 0) is 17.6 Å². The lowest BCUT2D eigenvalue weighted by Gasteiger charge is -2.08. The Labute approximate surface area is 158 Å². The van der Waals surface area contributed by atoms with Gasteiger partial charge >= 0.3 is 0 Å². The molecule has 0 aliphatic carbocycles. The van der Waals surface area contributed by atoms with Gasteiger partial charge in [-0.15, -0.1) is 0 Å². The highest BCUT2D eigenvalue weighted by Gasteiger charge is 2.04. The van der Waals surface area contributed by atoms with Crippen molar-refractivity contribution in [2.45, 2.75) is 19.3 Å². The number of hydrogen-bond acceptors (Lipinski definition) is 3. The molecule has 1 aromatic heterocycles. The van der Waals surface area contributed by atoms with Gasteiger partial charge in [0.1, 0.15) is 11.6 Å². The standard InChI is InChI=1S/C22H22FN3O/c23-20-9-5-4-8-18(20)14-15-24-21-12-11-19(16-25-21)26-22(27)13-10-17-6-2-1-3-7-17/h1-9,11-12,16H,10,13-15H2,(H,24,25)(H,26,27). The van der Waals surface area contributed by atoms with E-state index in [0.29, 0.717) is 42.9 Å². The second kappa shape index (κ2) is 9.48. The summed E-state index contributed by atoms with van der Waals surface area (Å²) in [7, 11) is 0. The van der Waals surface area contributed by atoms with Crippen LogP contribution >= 0.6 is 0 Å². The van der Waals surface area contributed by atoms with Crippen molar-refractivity contribution in [1.82, 2.24) is 4.98 Å². The van der Waals surface area contributed by atoms with Crippen LogP contribution in [0.25, 0.3) is 0 Å². The number of pyridine rings is 1. The molecule has 3 rings (SSSR count). The summed E-state index contributed by atoms with van der Waals surface area (Å²) >= 11 is 0. The van der Waals surface area contributed by atoms with Gasteiger partial charge in [-0.1, -0.05) is 48.5 Å². The maximum absolute atomic E-state index is 13.6. The first kappa shape index (κ1) is 18.6. The van der Waals surface area contributed by atoms with Crippen molar-refractivity contribution in [3.8, 4) is 0 Å². The van der Waals surface area contributed by atoms with Crippen LogP contribution in [0.1, 0.15) is 17.5 Å². The van der Waals surface area contributed by atoms with Crippen molar-refractivity contribution in [2.24, 2.45) is 0 Å². The summed E-state index contributed by atoms with van der Waals surface area (Å²) in [6.07, 6.45) is 3.32. The van der Waals surface area contributed by atoms with Gasteiger partial charge in [0.25, 0.3) is 0 Å². The molecule has 5 heteroatoms. The Kier molecular flexibility index (Phi) is 6.52. The lowest BCUT2D eigenvalue weighted by molar-refractivity contribution is -0.116. The fourth-order valence-corrected chi connectivity index (χ4v) is 2.72. The minimum Gasteiger partial charge on any atom is -0.370 e. The van der Waals surface area contributed by atoms with Gasteiger partial charge in [0, 0.05) is 13.0 Å². The Morgan fingerprint density at radius 3 is 2.44 bits per heavy atom. The summed E-state index contributed by atoms with van der Waals surface area (Å²) in [6.45, 7) is 0.580. The molecule has 138 valence electrons. The lowest BCUT2D eigenvalue weighted by atomic mass is 10.1. The Bertz CT molecular complexity index is 866. The maximum Gasteiger partial charge on any atom is 0.224 e. The third-order valence-electron chi connectivity index (χ3n) is 4.19. The quantitative estimate of drug-likeness (QED) is 0.622. The average Bonchev–Trinajstić information content (AvgIpc) is 2.70. The molecule has 4 nitrogen and oxygen atoms in total. The molecule has 1 heterocycles. The Hall–Kier alpha value is -3.21. The van der Waals surface area contributed by atoms with Gasteiger partial charge in [-0.05, 0) is 42.2 Å². The van der Waals surface area contributed by atoms with Crippen LogP contribution in [-0.4, -0.2) is 17.4 Å². The second-order valence-corrected chi connectivity index (χ2v) is 6.23. The second-order valence-electron chi connectivity index (χ2n) is 6.23. The number of benzene rings is 2. The number of nitrogens with one attached hydrogen (secondary N) is 2. The first-order chi connectivity index (χ1) is 13.2. The molecule has 0 saturated heterocycles. The normalized spacial score (nSPS) is 10.4. The smallest absolute Gasteiger partial charge is 0.224 e. The number of halogens is 1. The van der Waals surface area contributed by atoms with E-state index in [0.717, 1.165) is 5.56 Å². The zero-order valence-corrected chi connectivity index (χ0v) is 15.0. The van der Waals surface area contributed by atoms with Crippen LogP contribution in [0.5, 0.6) is 0 Å². The number of nitrogens with zero attached hydrogens (tertiary/aromatic N) is 1. The van der Waals surface area contributed by atoms with Crippen molar-refractivity contribution in [3.63, 3.8) is 0 Å². The minimum atomic E-state index is -0.194. The number of carbonyl (C=O) groups is 1. The van der Waals surface area contributed by atoms with Crippen LogP contribution < -0.4 is 10.6 Å². The van der Waals surface area contributed by atoms with Gasteiger partial charge < -0.3 is 10.6 Å². The van der Waals surface area contributed by atoms with E-state index in [2.05, 4.69) is 15.6 Å². The van der Waals surface area contributed by atoms with E-state index >= 15 is 0 Å². The van der Waals surface area contributed by atoms with Crippen molar-refractivity contribution in [2.75, 3.05) is 17.2 Å². The molecular weight excluding hydrogens is 341 g/mol. The van der Waals surface area contributed by atoms with Crippen molar-refractivity contribution in [3.05, 3.63) is 89.9 Å². The van der Waals surface area contributed by atoms with E-state index < -0.39 is 0 Å². The number of carbonyl (C=O) groups excluding carboxylic acids is 1. The molecule has 27 heavy (non-hydrogen) atoms. The van der Waals surface area contributed by atoms with E-state index in [1.165, 1.54) is 6.07 Å². The lowest BCUT2D eigenvalue weighted by Crippen LogP contribution is -2.13. The predicted octanol–water partition coefficient (Wildman–Crippen LogP) is 4.45. The highest BCUT2D eigenvalue weighted by atomic mass is 19.1. The monoisotopic (exact) mass is 363 g/mol. The topological polar surface area (TPSA) is 54.0 Å². The van der Waals surface area contributed by atoms with Gasteiger partial charge in [0.2, 0.25) is 5.91 Å². The third-order valence-corrected chi connectivity index (χ3v) is 4.19. The first-order valence-corrected chi connectivity index (χ1v) is 8.98. The van der Waals surface area contributed by atoms with Crippen molar-refractivity contribution >= 4 is 17.4 Å². The molecule has 3 aromatic rings. The first-order valence-electron chi connectivity index (χ1n) is 8.98. The molecule has 0 saturated carbocycles. The average molecular weight is 363 g/mol. The fourth-order valence-electron chi connectivity index (χ4n) is 2.72. The van der Waals surface area contributed by atoms with Gasteiger partial charge in [0.15, 0.2) is 0 Å². The molecule has 2 aromatic carbocycles. The molecular formula is C22H22FN3O. The van der Waals surface area contributed by atoms with Crippen LogP contribution in [0.15, 0.2) is 72.9 Å². The molecule has 2 N–H and O–H groups in total. The van der Waals surface area contributed by atoms with E-state index in [-0.39, 0.29) is 11.7 Å². The zero-order chi connectivity index (χ0) is 18.9. The number of aromatic nitrogens is 1. The Balaban J connectivity index is 1.43. The fraction of sp³-hybridized carbons (Fsp3) is 0.182. The Morgan fingerprint density at radius 1 is 0.926 bits per heavy atom. The third kappa shape index (κ3) is 5.92. The van der Waals surface area contributed by atoms with Gasteiger partial charge in [-0.2, -0.15) is 0 Å². The van der Waals surface area contributed by atoms with Crippen molar-refractivity contribution < 1.29 is 9.18 Å². The summed E-state index contributed by atoms with van der Waals surface area (Å²) in [5.74, 6) is 0.454. The largest absolute Gasteiger partial charge is 0.370 e. The number of hydrogen-bond donors (Lipinski definition) is 2. The molecule has 0 spiro atoms. The number of amides is 1. The zero-order valence-electron chi connectivity index (χ0n) is 15.0. The Morgan fingerprint density at radius 2 is 1.70 bits per heavy atom. The molecule has 0 bridgehead atoms. The molecule has 0 aliphatic rings. The predicted molar refractivity (Wildman–Crippen MR) is 106 cm³/mol. The van der Waals surface area contributed by atoms with Crippen LogP contribution in [0.2, 0.25) is 0 Å². The van der Waals surface area contributed by atoms with Crippen LogP contribution in [0.4, 0.5) is 15.9 Å². The highest BCUT2D eigenvalue weighted by molar-refractivity contribution is 5.90. The molecule has 0 aliphatic heterocycles. The molecule has 0 radical (unpaired) electrons. The summed E-state index contributed by atoms with van der Waals surface area (Å²) in [5, 5.41) is 6.01. The molecule has 1 amide bonds. The van der Waals surface area contributed by atoms with Gasteiger partial charge in [-0.25, -0.2) is 9.37 Å². The summed E-state index contributed by atoms with van der Waals surface area (Å²) in [6, 6.07) is 20.3. The van der Waals surface area contributed by atoms with Crippen LogP contribution in [0, 0.1) is 5.82 Å². The van der Waals surface area contributed by atoms with Gasteiger partial charge in [-0.3, -0.25) is 4.79 Å². The van der Waals surface area contributed by atoms with E-state index in [1.807, 2.05) is 36.4 Å². The summed E-state index contributed by atoms with van der Waals surface area (Å²) in [5.41, 5.74) is 2.47. The number of aryl methyl sites for hydroxylation is 1. The maximum atomic E-state index is 13.6. The number of anilines is 2. The minimum absolute atomic E-state index is 0.0408.